The second-order valence-corrected chi connectivity index (χ2v) is 6.95. The van der Waals surface area contributed by atoms with Crippen LogP contribution in [0.3, 0.4) is 0 Å². The van der Waals surface area contributed by atoms with Gasteiger partial charge in [-0.25, -0.2) is 8.42 Å². The fourth-order valence-electron chi connectivity index (χ4n) is 2.36. The highest BCUT2D eigenvalue weighted by molar-refractivity contribution is 7.92. The van der Waals surface area contributed by atoms with Crippen LogP contribution in [-0.4, -0.2) is 37.8 Å². The van der Waals surface area contributed by atoms with E-state index >= 15 is 0 Å². The molecule has 1 heterocycles. The summed E-state index contributed by atoms with van der Waals surface area (Å²) in [5, 5.41) is 8.59. The number of carboxylic acid groups (broad SMARTS) is 1. The zero-order chi connectivity index (χ0) is 14.8. The number of hydrogen-bond acceptors (Lipinski definition) is 4. The number of sulfonamides is 1. The summed E-state index contributed by atoms with van der Waals surface area (Å²) in [6, 6.07) is 7.03. The van der Waals surface area contributed by atoms with Crippen LogP contribution in [-0.2, 0) is 21.2 Å². The van der Waals surface area contributed by atoms with E-state index in [1.54, 1.807) is 12.1 Å². The third kappa shape index (κ3) is 3.29. The Bertz CT molecular complexity index is 600. The van der Waals surface area contributed by atoms with Gasteiger partial charge in [-0.15, -0.1) is 0 Å². The highest BCUT2D eigenvalue weighted by Gasteiger charge is 2.30. The van der Waals surface area contributed by atoms with Gasteiger partial charge in [-0.05, 0) is 24.5 Å². The molecule has 0 saturated heterocycles. The minimum Gasteiger partial charge on any atom is -0.481 e. The lowest BCUT2D eigenvalue weighted by molar-refractivity contribution is -0.137. The Morgan fingerprint density at radius 1 is 1.40 bits per heavy atom. The molecule has 0 fully saturated rings. The minimum absolute atomic E-state index is 0.103. The molecule has 1 unspecified atom stereocenters. The topological polar surface area (TPSA) is 101 Å². The van der Waals surface area contributed by atoms with Crippen molar-refractivity contribution in [2.24, 2.45) is 5.73 Å². The number of nitrogens with two attached hydrogens (primary N) is 1. The van der Waals surface area contributed by atoms with E-state index in [-0.39, 0.29) is 31.2 Å². The van der Waals surface area contributed by atoms with E-state index in [1.165, 1.54) is 4.31 Å². The summed E-state index contributed by atoms with van der Waals surface area (Å²) in [5.41, 5.74) is 7.48. The first-order valence-electron chi connectivity index (χ1n) is 6.46. The van der Waals surface area contributed by atoms with Crippen LogP contribution in [0.1, 0.15) is 18.4 Å². The molecular weight excluding hydrogens is 280 g/mol. The minimum atomic E-state index is -3.54. The molecule has 7 heteroatoms. The molecule has 110 valence electrons. The Balaban J connectivity index is 2.21. The molecule has 2 rings (SSSR count). The predicted octanol–water partition coefficient (Wildman–Crippen LogP) is 0.571. The maximum absolute atomic E-state index is 12.4. The van der Waals surface area contributed by atoms with Crippen LogP contribution >= 0.6 is 0 Å². The van der Waals surface area contributed by atoms with E-state index in [0.717, 1.165) is 5.56 Å². The number of carbonyl (C=O) groups is 1. The molecule has 0 bridgehead atoms. The molecule has 1 aliphatic rings. The molecule has 6 nitrogen and oxygen atoms in total. The van der Waals surface area contributed by atoms with Crippen LogP contribution in [0.2, 0.25) is 0 Å². The number of anilines is 1. The Labute approximate surface area is 118 Å². The highest BCUT2D eigenvalue weighted by atomic mass is 32.2. The molecule has 20 heavy (non-hydrogen) atoms. The molecule has 0 amide bonds. The molecule has 1 aromatic rings. The SMILES string of the molecule is NC1Cc2ccccc2N(S(=O)(=O)CCCC(=O)O)C1. The number of benzene rings is 1. The lowest BCUT2D eigenvalue weighted by Gasteiger charge is -2.33. The van der Waals surface area contributed by atoms with E-state index in [9.17, 15) is 13.2 Å². The van der Waals surface area contributed by atoms with Crippen LogP contribution in [0.4, 0.5) is 5.69 Å². The quantitative estimate of drug-likeness (QED) is 0.827. The van der Waals surface area contributed by atoms with Gasteiger partial charge in [0.05, 0.1) is 11.4 Å². The number of para-hydroxylation sites is 1. The summed E-state index contributed by atoms with van der Waals surface area (Å²) in [5.74, 6) is -1.17. The van der Waals surface area contributed by atoms with E-state index in [1.807, 2.05) is 12.1 Å². The third-order valence-electron chi connectivity index (χ3n) is 3.27. The zero-order valence-electron chi connectivity index (χ0n) is 11.0. The molecule has 0 saturated carbocycles. The van der Waals surface area contributed by atoms with Gasteiger partial charge >= 0.3 is 5.97 Å². The maximum atomic E-state index is 12.4. The van der Waals surface area contributed by atoms with Crippen LogP contribution < -0.4 is 10.0 Å². The largest absolute Gasteiger partial charge is 0.481 e. The Hall–Kier alpha value is -1.60. The molecule has 3 N–H and O–H groups in total. The lowest BCUT2D eigenvalue weighted by atomic mass is 10.0. The summed E-state index contributed by atoms with van der Waals surface area (Å²) >= 11 is 0. The average molecular weight is 298 g/mol. The monoisotopic (exact) mass is 298 g/mol. The number of fused-ring (bicyclic) bond motifs is 1. The summed E-state index contributed by atoms with van der Waals surface area (Å²) < 4.78 is 26.0. The summed E-state index contributed by atoms with van der Waals surface area (Å²) in [6.45, 7) is 0.242. The van der Waals surface area contributed by atoms with Crippen molar-refractivity contribution in [1.29, 1.82) is 0 Å². The number of hydrogen-bond donors (Lipinski definition) is 2. The van der Waals surface area contributed by atoms with Gasteiger partial charge in [-0.3, -0.25) is 9.10 Å². The molecule has 0 aromatic heterocycles. The average Bonchev–Trinajstić information content (AvgIpc) is 2.37. The first kappa shape index (κ1) is 14.8. The lowest BCUT2D eigenvalue weighted by Crippen LogP contribution is -2.47. The van der Waals surface area contributed by atoms with Gasteiger partial charge < -0.3 is 10.8 Å². The van der Waals surface area contributed by atoms with E-state index in [4.69, 9.17) is 10.8 Å². The van der Waals surface area contributed by atoms with Crippen LogP contribution in [0.5, 0.6) is 0 Å². The molecule has 0 radical (unpaired) electrons. The molecule has 0 aliphatic carbocycles. The molecular formula is C13H18N2O4S. The Kier molecular flexibility index (Phi) is 4.29. The van der Waals surface area contributed by atoms with Crippen molar-refractivity contribution in [1.82, 2.24) is 0 Å². The van der Waals surface area contributed by atoms with Crippen molar-refractivity contribution in [3.05, 3.63) is 29.8 Å². The van der Waals surface area contributed by atoms with Gasteiger partial charge in [0, 0.05) is 19.0 Å². The van der Waals surface area contributed by atoms with Gasteiger partial charge in [-0.2, -0.15) is 0 Å². The molecule has 1 aromatic carbocycles. The van der Waals surface area contributed by atoms with Crippen LogP contribution in [0.15, 0.2) is 24.3 Å². The first-order valence-corrected chi connectivity index (χ1v) is 8.07. The van der Waals surface area contributed by atoms with E-state index < -0.39 is 16.0 Å². The van der Waals surface area contributed by atoms with Crippen LogP contribution in [0, 0.1) is 0 Å². The van der Waals surface area contributed by atoms with Crippen molar-refractivity contribution in [3.8, 4) is 0 Å². The third-order valence-corrected chi connectivity index (χ3v) is 5.09. The fraction of sp³-hybridized carbons (Fsp3) is 0.462. The number of nitrogens with zero attached hydrogens (tertiary/aromatic N) is 1. The molecule has 1 atom stereocenters. The molecule has 0 spiro atoms. The van der Waals surface area contributed by atoms with Gasteiger partial charge in [0.1, 0.15) is 0 Å². The molecule has 1 aliphatic heterocycles. The van der Waals surface area contributed by atoms with E-state index in [0.29, 0.717) is 12.1 Å². The van der Waals surface area contributed by atoms with Crippen molar-refractivity contribution < 1.29 is 18.3 Å². The number of aliphatic carboxylic acids is 1. The van der Waals surface area contributed by atoms with Crippen molar-refractivity contribution in [2.75, 3.05) is 16.6 Å². The first-order chi connectivity index (χ1) is 9.40. The van der Waals surface area contributed by atoms with Crippen molar-refractivity contribution in [3.63, 3.8) is 0 Å². The summed E-state index contributed by atoms with van der Waals surface area (Å²) in [6.07, 6.45) is 0.601. The van der Waals surface area contributed by atoms with Crippen molar-refractivity contribution >= 4 is 21.7 Å². The fourth-order valence-corrected chi connectivity index (χ4v) is 3.99. The van der Waals surface area contributed by atoms with Crippen molar-refractivity contribution in [2.45, 2.75) is 25.3 Å². The summed E-state index contributed by atoms with van der Waals surface area (Å²) in [7, 11) is -3.54. The van der Waals surface area contributed by atoms with E-state index in [2.05, 4.69) is 0 Å². The second kappa shape index (κ2) is 5.80. The van der Waals surface area contributed by atoms with Gasteiger partial charge in [0.2, 0.25) is 10.0 Å². The zero-order valence-corrected chi connectivity index (χ0v) is 11.8. The maximum Gasteiger partial charge on any atom is 0.303 e. The standard InChI is InChI=1S/C13H18N2O4S/c14-11-8-10-4-1-2-5-12(10)15(9-11)20(18,19)7-3-6-13(16)17/h1-2,4-5,11H,3,6-9,14H2,(H,16,17). The van der Waals surface area contributed by atoms with Crippen LogP contribution in [0.25, 0.3) is 0 Å². The highest BCUT2D eigenvalue weighted by Crippen LogP contribution is 2.29. The van der Waals surface area contributed by atoms with Gasteiger partial charge in [-0.1, -0.05) is 18.2 Å². The van der Waals surface area contributed by atoms with Gasteiger partial charge in [0.15, 0.2) is 0 Å². The Morgan fingerprint density at radius 2 is 2.10 bits per heavy atom. The van der Waals surface area contributed by atoms with Gasteiger partial charge in [0.25, 0.3) is 0 Å². The number of carboxylic acids is 1. The number of rotatable bonds is 5. The predicted molar refractivity (Wildman–Crippen MR) is 76.1 cm³/mol. The normalized spacial score (nSPS) is 18.6. The second-order valence-electron chi connectivity index (χ2n) is 4.94. The smallest absolute Gasteiger partial charge is 0.303 e. The summed E-state index contributed by atoms with van der Waals surface area (Å²) in [4.78, 5) is 10.5. The Morgan fingerprint density at radius 3 is 2.80 bits per heavy atom.